The van der Waals surface area contributed by atoms with Crippen molar-refractivity contribution in [1.29, 1.82) is 0 Å². The number of carbonyl (C=O) groups is 1. The highest BCUT2D eigenvalue weighted by Gasteiger charge is 2.60. The van der Waals surface area contributed by atoms with Gasteiger partial charge in [0.05, 0.1) is 16.6 Å². The molecular formula is C23H32ClFN4O3. The van der Waals surface area contributed by atoms with Crippen molar-refractivity contribution in [3.8, 4) is 5.75 Å². The molecule has 176 valence electrons. The molecule has 0 radical (unpaired) electrons. The van der Waals surface area contributed by atoms with Crippen molar-refractivity contribution in [2.75, 3.05) is 26.2 Å². The molecule has 1 aromatic carbocycles. The Morgan fingerprint density at radius 2 is 2.22 bits per heavy atom. The zero-order valence-corrected chi connectivity index (χ0v) is 18.9. The predicted molar refractivity (Wildman–Crippen MR) is 119 cm³/mol. The van der Waals surface area contributed by atoms with Gasteiger partial charge in [-0.1, -0.05) is 11.6 Å². The number of nitrogens with zero attached hydrogens (tertiary/aromatic N) is 1. The van der Waals surface area contributed by atoms with Crippen LogP contribution in [0.2, 0.25) is 5.02 Å². The molecule has 9 heteroatoms. The van der Waals surface area contributed by atoms with E-state index in [4.69, 9.17) is 16.3 Å². The second kappa shape index (κ2) is 9.06. The minimum absolute atomic E-state index is 0.00545. The highest BCUT2D eigenvalue weighted by Crippen LogP contribution is 2.59. The lowest BCUT2D eigenvalue weighted by Gasteiger charge is -2.37. The first-order valence-electron chi connectivity index (χ1n) is 11.7. The quantitative estimate of drug-likeness (QED) is 0.437. The summed E-state index contributed by atoms with van der Waals surface area (Å²) < 4.78 is 19.0. The van der Waals surface area contributed by atoms with Crippen molar-refractivity contribution in [3.05, 3.63) is 29.0 Å². The maximum absolute atomic E-state index is 13.5. The number of nitrogens with one attached hydrogen (secondary N) is 3. The van der Waals surface area contributed by atoms with Crippen molar-refractivity contribution in [3.63, 3.8) is 0 Å². The van der Waals surface area contributed by atoms with E-state index in [-0.39, 0.29) is 29.0 Å². The number of aliphatic hydroxyl groups is 1. The Hall–Kier alpha value is -1.45. The van der Waals surface area contributed by atoms with Crippen molar-refractivity contribution < 1.29 is 19.0 Å². The van der Waals surface area contributed by atoms with E-state index in [1.54, 1.807) is 6.07 Å². The molecule has 0 aromatic heterocycles. The molecule has 2 aliphatic heterocycles. The maximum Gasteiger partial charge on any atom is 0.226 e. The fourth-order valence-electron chi connectivity index (χ4n) is 6.03. The van der Waals surface area contributed by atoms with Crippen molar-refractivity contribution in [1.82, 2.24) is 20.9 Å². The number of hydrogen-bond donors (Lipinski definition) is 4. The standard InChI is InChI=1S/C23H32ClFN4O3/c24-17-5-4-16(7-18(17)25)32-13-21(30)28-19-10-23(8-14(19)9-23)22(31)26-11-15-12-29-6-2-1-3-20(29)27-15/h4-5,7,14-15,19-21,27-28,30H,1-3,6,8-13H2,(H,26,31)/t14?,15?,19-,20?,21?,23?/m1/s1. The normalized spacial score (nSPS) is 34.6. The van der Waals surface area contributed by atoms with Gasteiger partial charge in [-0.05, 0) is 63.1 Å². The summed E-state index contributed by atoms with van der Waals surface area (Å²) >= 11 is 5.67. The lowest BCUT2D eigenvalue weighted by Crippen LogP contribution is -2.48. The molecule has 2 heterocycles. The van der Waals surface area contributed by atoms with Crippen LogP contribution in [0.4, 0.5) is 4.39 Å². The number of carbonyl (C=O) groups excluding carboxylic acids is 1. The third kappa shape index (κ3) is 4.48. The smallest absolute Gasteiger partial charge is 0.226 e. The van der Waals surface area contributed by atoms with E-state index in [2.05, 4.69) is 20.9 Å². The topological polar surface area (TPSA) is 85.9 Å². The van der Waals surface area contributed by atoms with E-state index in [0.717, 1.165) is 32.4 Å². The van der Waals surface area contributed by atoms with Gasteiger partial charge >= 0.3 is 0 Å². The summed E-state index contributed by atoms with van der Waals surface area (Å²) in [5.41, 5.74) is -0.312. The van der Waals surface area contributed by atoms with Gasteiger partial charge < -0.3 is 15.2 Å². The van der Waals surface area contributed by atoms with Crippen LogP contribution < -0.4 is 20.7 Å². The van der Waals surface area contributed by atoms with Crippen LogP contribution in [0.5, 0.6) is 5.75 Å². The van der Waals surface area contributed by atoms with Gasteiger partial charge in [0.2, 0.25) is 5.91 Å². The molecule has 0 spiro atoms. The molecule has 32 heavy (non-hydrogen) atoms. The molecule has 4 N–H and O–H groups in total. The zero-order chi connectivity index (χ0) is 22.3. The highest BCUT2D eigenvalue weighted by atomic mass is 35.5. The van der Waals surface area contributed by atoms with E-state index in [1.807, 2.05) is 0 Å². The maximum atomic E-state index is 13.5. The predicted octanol–water partition coefficient (Wildman–Crippen LogP) is 1.83. The summed E-state index contributed by atoms with van der Waals surface area (Å²) in [4.78, 5) is 15.5. The van der Waals surface area contributed by atoms with Crippen LogP contribution >= 0.6 is 11.6 Å². The summed E-state index contributed by atoms with van der Waals surface area (Å²) in [5, 5.41) is 20.4. The number of rotatable bonds is 8. The van der Waals surface area contributed by atoms with Crippen LogP contribution in [0.1, 0.15) is 38.5 Å². The molecule has 5 fully saturated rings. The molecule has 1 aromatic rings. The van der Waals surface area contributed by atoms with Crippen LogP contribution in [-0.2, 0) is 4.79 Å². The van der Waals surface area contributed by atoms with E-state index < -0.39 is 12.0 Å². The third-order valence-corrected chi connectivity index (χ3v) is 7.98. The Balaban J connectivity index is 1.05. The number of aliphatic hydroxyl groups excluding tert-OH is 1. The van der Waals surface area contributed by atoms with Gasteiger partial charge in [-0.2, -0.15) is 0 Å². The number of hydrogen-bond acceptors (Lipinski definition) is 6. The van der Waals surface area contributed by atoms with Crippen molar-refractivity contribution in [2.24, 2.45) is 11.3 Å². The average Bonchev–Trinajstić information content (AvgIpc) is 3.43. The van der Waals surface area contributed by atoms with Gasteiger partial charge in [-0.15, -0.1) is 0 Å². The molecule has 2 bridgehead atoms. The van der Waals surface area contributed by atoms with Crippen LogP contribution in [-0.4, -0.2) is 66.6 Å². The van der Waals surface area contributed by atoms with Crippen LogP contribution in [0.25, 0.3) is 0 Å². The molecule has 4 atom stereocenters. The molecule has 2 saturated heterocycles. The molecule has 6 rings (SSSR count). The largest absolute Gasteiger partial charge is 0.489 e. The minimum Gasteiger partial charge on any atom is -0.489 e. The van der Waals surface area contributed by atoms with Gasteiger partial charge in [-0.3, -0.25) is 20.3 Å². The Kier molecular flexibility index (Phi) is 6.33. The molecular weight excluding hydrogens is 435 g/mol. The fraction of sp³-hybridized carbons (Fsp3) is 0.696. The van der Waals surface area contributed by atoms with E-state index in [1.165, 1.54) is 31.4 Å². The summed E-state index contributed by atoms with van der Waals surface area (Å²) in [6.07, 6.45) is 5.77. The summed E-state index contributed by atoms with van der Waals surface area (Å²) in [6.45, 7) is 2.83. The number of benzene rings is 1. The van der Waals surface area contributed by atoms with Gasteiger partial charge in [0.15, 0.2) is 0 Å². The summed E-state index contributed by atoms with van der Waals surface area (Å²) in [5.74, 6) is 0.296. The van der Waals surface area contributed by atoms with Gasteiger partial charge in [0.1, 0.15) is 24.4 Å². The fourth-order valence-corrected chi connectivity index (χ4v) is 6.14. The second-order valence-corrected chi connectivity index (χ2v) is 10.3. The van der Waals surface area contributed by atoms with E-state index >= 15 is 0 Å². The Morgan fingerprint density at radius 3 is 3.00 bits per heavy atom. The zero-order valence-electron chi connectivity index (χ0n) is 18.2. The van der Waals surface area contributed by atoms with Crippen molar-refractivity contribution >= 4 is 17.5 Å². The molecule has 1 amide bonds. The third-order valence-electron chi connectivity index (χ3n) is 7.68. The summed E-state index contributed by atoms with van der Waals surface area (Å²) in [7, 11) is 0. The van der Waals surface area contributed by atoms with Crippen molar-refractivity contribution in [2.45, 2.75) is 63.0 Å². The highest BCUT2D eigenvalue weighted by molar-refractivity contribution is 6.30. The average molecular weight is 467 g/mol. The Labute approximate surface area is 193 Å². The minimum atomic E-state index is -0.890. The van der Waals surface area contributed by atoms with Crippen LogP contribution in [0.15, 0.2) is 18.2 Å². The lowest BCUT2D eigenvalue weighted by molar-refractivity contribution is -0.134. The first kappa shape index (κ1) is 22.3. The monoisotopic (exact) mass is 466 g/mol. The van der Waals surface area contributed by atoms with Gasteiger partial charge in [-0.25, -0.2) is 4.39 Å². The molecule has 3 unspecified atom stereocenters. The number of amides is 1. The molecule has 7 nitrogen and oxygen atoms in total. The molecule has 3 saturated carbocycles. The second-order valence-electron chi connectivity index (χ2n) is 9.91. The Bertz CT molecular complexity index is 839. The number of ether oxygens (including phenoxy) is 1. The first-order valence-corrected chi connectivity index (χ1v) is 12.1. The number of fused-ring (bicyclic) bond motifs is 2. The lowest BCUT2D eigenvalue weighted by atomic mass is 9.69. The van der Waals surface area contributed by atoms with Crippen LogP contribution in [0, 0.1) is 17.2 Å². The number of piperidine rings is 1. The Morgan fingerprint density at radius 1 is 1.38 bits per heavy atom. The molecule has 3 aliphatic carbocycles. The SMILES string of the molecule is O=C(NCC1CN2CCCCC2N1)C12CC(C1)[C@H](NC(O)COc1ccc(Cl)c(F)c1)C2. The first-order chi connectivity index (χ1) is 15.4. The van der Waals surface area contributed by atoms with Gasteiger partial charge in [0, 0.05) is 31.2 Å². The summed E-state index contributed by atoms with van der Waals surface area (Å²) in [6, 6.07) is 4.59. The molecule has 5 aliphatic rings. The van der Waals surface area contributed by atoms with Crippen LogP contribution in [0.3, 0.4) is 0 Å². The van der Waals surface area contributed by atoms with E-state index in [9.17, 15) is 14.3 Å². The number of halogens is 2. The van der Waals surface area contributed by atoms with E-state index in [0.29, 0.717) is 30.4 Å². The van der Waals surface area contributed by atoms with Gasteiger partial charge in [0.25, 0.3) is 0 Å².